The smallest absolute Gasteiger partial charge is 0.243 e. The highest BCUT2D eigenvalue weighted by molar-refractivity contribution is 6.30. The van der Waals surface area contributed by atoms with E-state index in [1.54, 1.807) is 0 Å². The molecule has 0 aromatic heterocycles. The number of hydrogen-bond donors (Lipinski definition) is 2. The molecule has 2 aromatic carbocycles. The molecule has 110 valence electrons. The Kier molecular flexibility index (Phi) is 4.70. The lowest BCUT2D eigenvalue weighted by Crippen LogP contribution is -2.23. The van der Waals surface area contributed by atoms with Gasteiger partial charge in [-0.15, -0.1) is 0 Å². The van der Waals surface area contributed by atoms with E-state index in [-0.39, 0.29) is 17.3 Å². The van der Waals surface area contributed by atoms with Gasteiger partial charge in [0.2, 0.25) is 5.91 Å². The van der Waals surface area contributed by atoms with Crippen molar-refractivity contribution in [3.05, 3.63) is 58.9 Å². The van der Waals surface area contributed by atoms with Crippen LogP contribution >= 0.6 is 11.6 Å². The molecule has 0 saturated heterocycles. The first-order valence-electron chi connectivity index (χ1n) is 5.90. The Hall–Kier alpha value is -2.21. The molecule has 0 bridgehead atoms. The van der Waals surface area contributed by atoms with E-state index in [2.05, 4.69) is 10.6 Å². The molecule has 0 spiro atoms. The van der Waals surface area contributed by atoms with E-state index in [0.717, 1.165) is 18.2 Å². The van der Waals surface area contributed by atoms with Crippen molar-refractivity contribution in [2.45, 2.75) is 0 Å². The van der Waals surface area contributed by atoms with E-state index < -0.39 is 29.0 Å². The molecule has 2 aromatic rings. The SMILES string of the molecule is O=C(CNc1ccc(Cl)cc1F)Nc1c(F)cccc1F. The van der Waals surface area contributed by atoms with Crippen LogP contribution in [-0.4, -0.2) is 12.5 Å². The number of halogens is 4. The third kappa shape index (κ3) is 3.88. The summed E-state index contributed by atoms with van der Waals surface area (Å²) >= 11 is 5.59. The number of nitrogens with one attached hydrogen (secondary N) is 2. The molecule has 2 rings (SSSR count). The number of carbonyl (C=O) groups is 1. The minimum Gasteiger partial charge on any atom is -0.374 e. The third-order valence-electron chi connectivity index (χ3n) is 2.60. The number of rotatable bonds is 4. The molecular weight excluding hydrogens is 305 g/mol. The Morgan fingerprint density at radius 1 is 1.05 bits per heavy atom. The van der Waals surface area contributed by atoms with Crippen LogP contribution in [0.1, 0.15) is 0 Å². The predicted molar refractivity (Wildman–Crippen MR) is 74.9 cm³/mol. The van der Waals surface area contributed by atoms with Crippen molar-refractivity contribution in [3.8, 4) is 0 Å². The van der Waals surface area contributed by atoms with Crippen molar-refractivity contribution in [2.24, 2.45) is 0 Å². The Bertz CT molecular complexity index is 659. The summed E-state index contributed by atoms with van der Waals surface area (Å²) in [5, 5.41) is 4.81. The van der Waals surface area contributed by atoms with Gasteiger partial charge in [-0.05, 0) is 30.3 Å². The van der Waals surface area contributed by atoms with Gasteiger partial charge in [0.05, 0.1) is 12.2 Å². The lowest BCUT2D eigenvalue weighted by molar-refractivity contribution is -0.114. The maximum atomic E-state index is 13.5. The zero-order valence-electron chi connectivity index (χ0n) is 10.6. The van der Waals surface area contributed by atoms with Gasteiger partial charge in [-0.2, -0.15) is 0 Å². The minimum atomic E-state index is -0.888. The number of benzene rings is 2. The molecule has 0 aliphatic carbocycles. The summed E-state index contributed by atoms with van der Waals surface area (Å²) in [6.07, 6.45) is 0. The summed E-state index contributed by atoms with van der Waals surface area (Å²) in [5.41, 5.74) is -0.482. The molecule has 0 radical (unpaired) electrons. The highest BCUT2D eigenvalue weighted by Crippen LogP contribution is 2.19. The Morgan fingerprint density at radius 3 is 2.33 bits per heavy atom. The Balaban J connectivity index is 1.99. The monoisotopic (exact) mass is 314 g/mol. The molecule has 0 heterocycles. The van der Waals surface area contributed by atoms with Gasteiger partial charge in [-0.1, -0.05) is 17.7 Å². The first-order chi connectivity index (χ1) is 9.97. The van der Waals surface area contributed by atoms with Gasteiger partial charge < -0.3 is 10.6 Å². The number of carbonyl (C=O) groups excluding carboxylic acids is 1. The first-order valence-corrected chi connectivity index (χ1v) is 6.28. The average molecular weight is 315 g/mol. The van der Waals surface area contributed by atoms with Crippen LogP contribution in [0, 0.1) is 17.5 Å². The van der Waals surface area contributed by atoms with Crippen molar-refractivity contribution in [2.75, 3.05) is 17.2 Å². The largest absolute Gasteiger partial charge is 0.374 e. The number of hydrogen-bond acceptors (Lipinski definition) is 2. The molecule has 21 heavy (non-hydrogen) atoms. The van der Waals surface area contributed by atoms with E-state index >= 15 is 0 Å². The van der Waals surface area contributed by atoms with Crippen molar-refractivity contribution >= 4 is 28.9 Å². The maximum absolute atomic E-state index is 13.5. The van der Waals surface area contributed by atoms with Gasteiger partial charge in [0.1, 0.15) is 23.1 Å². The molecule has 3 nitrogen and oxygen atoms in total. The van der Waals surface area contributed by atoms with E-state index in [1.807, 2.05) is 0 Å². The van der Waals surface area contributed by atoms with Crippen LogP contribution in [0.25, 0.3) is 0 Å². The molecule has 7 heteroatoms. The summed E-state index contributed by atoms with van der Waals surface area (Å²) in [6, 6.07) is 7.10. The lowest BCUT2D eigenvalue weighted by atomic mass is 10.3. The predicted octanol–water partition coefficient (Wildman–Crippen LogP) is 3.81. The van der Waals surface area contributed by atoms with Gasteiger partial charge >= 0.3 is 0 Å². The van der Waals surface area contributed by atoms with Gasteiger partial charge in [0.15, 0.2) is 0 Å². The fourth-order valence-corrected chi connectivity index (χ4v) is 1.77. The summed E-state index contributed by atoms with van der Waals surface area (Å²) in [5.74, 6) is -3.12. The second-order valence-corrected chi connectivity index (χ2v) is 4.56. The molecule has 0 unspecified atom stereocenters. The number of anilines is 2. The number of para-hydroxylation sites is 1. The van der Waals surface area contributed by atoms with Crippen LogP contribution in [0.4, 0.5) is 24.5 Å². The van der Waals surface area contributed by atoms with Crippen LogP contribution in [0.2, 0.25) is 5.02 Å². The standard InChI is InChI=1S/C14H10ClF3N2O/c15-8-4-5-12(11(18)6-8)19-7-13(21)20-14-9(16)2-1-3-10(14)17/h1-6,19H,7H2,(H,20,21). The normalized spacial score (nSPS) is 10.3. The molecular formula is C14H10ClF3N2O. The van der Waals surface area contributed by atoms with Crippen molar-refractivity contribution in [1.82, 2.24) is 0 Å². The lowest BCUT2D eigenvalue weighted by Gasteiger charge is -2.10. The van der Waals surface area contributed by atoms with E-state index in [4.69, 9.17) is 11.6 Å². The second-order valence-electron chi connectivity index (χ2n) is 4.12. The molecule has 0 fully saturated rings. The molecule has 0 aliphatic rings. The van der Waals surface area contributed by atoms with Crippen molar-refractivity contribution < 1.29 is 18.0 Å². The summed E-state index contributed by atoms with van der Waals surface area (Å²) in [7, 11) is 0. The van der Waals surface area contributed by atoms with E-state index in [0.29, 0.717) is 0 Å². The van der Waals surface area contributed by atoms with E-state index in [9.17, 15) is 18.0 Å². The third-order valence-corrected chi connectivity index (χ3v) is 2.83. The van der Waals surface area contributed by atoms with Crippen LogP contribution in [-0.2, 0) is 4.79 Å². The number of amides is 1. The highest BCUT2D eigenvalue weighted by atomic mass is 35.5. The van der Waals surface area contributed by atoms with Crippen LogP contribution in [0.3, 0.4) is 0 Å². The van der Waals surface area contributed by atoms with E-state index in [1.165, 1.54) is 18.2 Å². The van der Waals surface area contributed by atoms with Crippen molar-refractivity contribution in [3.63, 3.8) is 0 Å². The van der Waals surface area contributed by atoms with Crippen LogP contribution in [0.15, 0.2) is 36.4 Å². The van der Waals surface area contributed by atoms with Crippen LogP contribution < -0.4 is 10.6 Å². The van der Waals surface area contributed by atoms with Crippen molar-refractivity contribution in [1.29, 1.82) is 0 Å². The average Bonchev–Trinajstić information content (AvgIpc) is 2.42. The quantitative estimate of drug-likeness (QED) is 0.901. The summed E-state index contributed by atoms with van der Waals surface area (Å²) < 4.78 is 40.1. The molecule has 1 amide bonds. The molecule has 0 aliphatic heterocycles. The van der Waals surface area contributed by atoms with Crippen LogP contribution in [0.5, 0.6) is 0 Å². The van der Waals surface area contributed by atoms with Gasteiger partial charge in [-0.3, -0.25) is 4.79 Å². The molecule has 0 atom stereocenters. The fourth-order valence-electron chi connectivity index (χ4n) is 1.61. The summed E-state index contributed by atoms with van der Waals surface area (Å²) in [4.78, 5) is 11.6. The second kappa shape index (κ2) is 6.49. The topological polar surface area (TPSA) is 41.1 Å². The van der Waals surface area contributed by atoms with Gasteiger partial charge in [-0.25, -0.2) is 13.2 Å². The highest BCUT2D eigenvalue weighted by Gasteiger charge is 2.12. The zero-order valence-corrected chi connectivity index (χ0v) is 11.3. The van der Waals surface area contributed by atoms with Gasteiger partial charge in [0.25, 0.3) is 0 Å². The molecule has 0 saturated carbocycles. The minimum absolute atomic E-state index is 0.0588. The fraction of sp³-hybridized carbons (Fsp3) is 0.0714. The maximum Gasteiger partial charge on any atom is 0.243 e. The summed E-state index contributed by atoms with van der Waals surface area (Å²) in [6.45, 7) is -0.355. The zero-order chi connectivity index (χ0) is 15.4. The Morgan fingerprint density at radius 2 is 1.71 bits per heavy atom. The first kappa shape index (κ1) is 15.2. The Labute approximate surface area is 123 Å². The van der Waals surface area contributed by atoms with Gasteiger partial charge in [0, 0.05) is 5.02 Å². The molecule has 2 N–H and O–H groups in total.